The van der Waals surface area contributed by atoms with Gasteiger partial charge in [-0.3, -0.25) is 14.8 Å². The number of rotatable bonds is 4. The summed E-state index contributed by atoms with van der Waals surface area (Å²) in [5.74, 6) is -0.0242. The molecule has 0 aliphatic rings. The second kappa shape index (κ2) is 8.03. The molecule has 0 radical (unpaired) electrons. The zero-order valence-corrected chi connectivity index (χ0v) is 17.5. The van der Waals surface area contributed by atoms with Gasteiger partial charge in [-0.2, -0.15) is 0 Å². The van der Waals surface area contributed by atoms with Crippen molar-refractivity contribution in [2.24, 2.45) is 0 Å². The standard InChI is InChI=1S/C27H24N2O/c1-27(2,3)23-12-10-21(11-13-23)20-6-8-22(9-7-20)26(30)15-5-19-4-14-24-25(18-19)29-17-16-28-24/h4-18H,1-3H3/b15-5+. The highest BCUT2D eigenvalue weighted by molar-refractivity contribution is 6.07. The maximum Gasteiger partial charge on any atom is 0.185 e. The number of carbonyl (C=O) groups is 1. The second-order valence-electron chi connectivity index (χ2n) is 8.41. The molecule has 0 aliphatic carbocycles. The third kappa shape index (κ3) is 4.36. The van der Waals surface area contributed by atoms with Crippen LogP contribution in [0.1, 0.15) is 42.3 Å². The van der Waals surface area contributed by atoms with Crippen LogP contribution in [0.25, 0.3) is 28.2 Å². The van der Waals surface area contributed by atoms with E-state index in [9.17, 15) is 4.79 Å². The van der Waals surface area contributed by atoms with Gasteiger partial charge in [0.05, 0.1) is 11.0 Å². The van der Waals surface area contributed by atoms with Crippen molar-refractivity contribution in [1.29, 1.82) is 0 Å². The van der Waals surface area contributed by atoms with Gasteiger partial charge in [0.1, 0.15) is 0 Å². The van der Waals surface area contributed by atoms with E-state index in [-0.39, 0.29) is 11.2 Å². The molecule has 0 saturated heterocycles. The minimum absolute atomic E-state index is 0.0242. The van der Waals surface area contributed by atoms with Gasteiger partial charge < -0.3 is 0 Å². The highest BCUT2D eigenvalue weighted by Crippen LogP contribution is 2.26. The van der Waals surface area contributed by atoms with Gasteiger partial charge in [0.25, 0.3) is 0 Å². The summed E-state index contributed by atoms with van der Waals surface area (Å²) in [5.41, 5.74) is 6.94. The Morgan fingerprint density at radius 2 is 1.37 bits per heavy atom. The minimum atomic E-state index is -0.0242. The lowest BCUT2D eigenvalue weighted by molar-refractivity contribution is 0.104. The molecule has 0 aliphatic heterocycles. The average Bonchev–Trinajstić information content (AvgIpc) is 2.77. The van der Waals surface area contributed by atoms with Crippen molar-refractivity contribution in [2.45, 2.75) is 26.2 Å². The van der Waals surface area contributed by atoms with Crippen LogP contribution in [-0.4, -0.2) is 15.8 Å². The van der Waals surface area contributed by atoms with E-state index >= 15 is 0 Å². The highest BCUT2D eigenvalue weighted by atomic mass is 16.1. The maximum atomic E-state index is 12.6. The Hall–Kier alpha value is -3.59. The number of carbonyl (C=O) groups excluding carboxylic acids is 1. The number of hydrogen-bond donors (Lipinski definition) is 0. The molecule has 0 bridgehead atoms. The molecular formula is C27H24N2O. The van der Waals surface area contributed by atoms with Gasteiger partial charge in [0, 0.05) is 18.0 Å². The molecule has 0 amide bonds. The van der Waals surface area contributed by atoms with Crippen LogP contribution in [0, 0.1) is 0 Å². The lowest BCUT2D eigenvalue weighted by atomic mass is 9.86. The topological polar surface area (TPSA) is 42.9 Å². The van der Waals surface area contributed by atoms with Crippen LogP contribution in [0.3, 0.4) is 0 Å². The van der Waals surface area contributed by atoms with E-state index < -0.39 is 0 Å². The lowest BCUT2D eigenvalue weighted by Crippen LogP contribution is -2.10. The molecule has 30 heavy (non-hydrogen) atoms. The molecule has 0 unspecified atom stereocenters. The number of ketones is 1. The number of benzene rings is 3. The number of fused-ring (bicyclic) bond motifs is 1. The summed E-state index contributed by atoms with van der Waals surface area (Å²) < 4.78 is 0. The molecular weight excluding hydrogens is 368 g/mol. The third-order valence-electron chi connectivity index (χ3n) is 5.17. The first-order chi connectivity index (χ1) is 14.4. The van der Waals surface area contributed by atoms with E-state index in [4.69, 9.17) is 0 Å². The first-order valence-electron chi connectivity index (χ1n) is 10.0. The SMILES string of the molecule is CC(C)(C)c1ccc(-c2ccc(C(=O)/C=C/c3ccc4nccnc4c3)cc2)cc1. The molecule has 1 aromatic heterocycles. The summed E-state index contributed by atoms with van der Waals surface area (Å²) in [6.07, 6.45) is 6.75. The molecule has 0 spiro atoms. The Morgan fingerprint density at radius 1 is 0.767 bits per heavy atom. The first-order valence-corrected chi connectivity index (χ1v) is 10.0. The quantitative estimate of drug-likeness (QED) is 0.294. The van der Waals surface area contributed by atoms with Gasteiger partial charge in [-0.1, -0.05) is 81.4 Å². The van der Waals surface area contributed by atoms with Crippen molar-refractivity contribution in [3.8, 4) is 11.1 Å². The Bertz CT molecular complexity index is 1210. The molecule has 0 N–H and O–H groups in total. The molecule has 3 heteroatoms. The number of nitrogens with zero attached hydrogens (tertiary/aromatic N) is 2. The third-order valence-corrected chi connectivity index (χ3v) is 5.17. The van der Waals surface area contributed by atoms with E-state index in [1.165, 1.54) is 5.56 Å². The Labute approximate surface area is 177 Å². The summed E-state index contributed by atoms with van der Waals surface area (Å²) in [6.45, 7) is 6.63. The highest BCUT2D eigenvalue weighted by Gasteiger charge is 2.13. The van der Waals surface area contributed by atoms with Crippen LogP contribution in [0.15, 0.2) is 85.2 Å². The van der Waals surface area contributed by atoms with Crippen molar-refractivity contribution >= 4 is 22.9 Å². The van der Waals surface area contributed by atoms with Crippen LogP contribution in [0.4, 0.5) is 0 Å². The molecule has 1 heterocycles. The fourth-order valence-electron chi connectivity index (χ4n) is 3.34. The fourth-order valence-corrected chi connectivity index (χ4v) is 3.34. The lowest BCUT2D eigenvalue weighted by Gasteiger charge is -2.19. The van der Waals surface area contributed by atoms with Gasteiger partial charge in [-0.15, -0.1) is 0 Å². The second-order valence-corrected chi connectivity index (χ2v) is 8.41. The van der Waals surface area contributed by atoms with Crippen LogP contribution in [-0.2, 0) is 5.41 Å². The summed E-state index contributed by atoms with van der Waals surface area (Å²) in [7, 11) is 0. The number of allylic oxidation sites excluding steroid dienone is 1. The van der Waals surface area contributed by atoms with Crippen LogP contribution in [0.2, 0.25) is 0 Å². The smallest absolute Gasteiger partial charge is 0.185 e. The Kier molecular flexibility index (Phi) is 5.28. The summed E-state index contributed by atoms with van der Waals surface area (Å²) in [5, 5.41) is 0. The van der Waals surface area contributed by atoms with Crippen molar-refractivity contribution in [2.75, 3.05) is 0 Å². The van der Waals surface area contributed by atoms with Crippen molar-refractivity contribution in [3.05, 3.63) is 102 Å². The summed E-state index contributed by atoms with van der Waals surface area (Å²) in [4.78, 5) is 21.1. The molecule has 3 nitrogen and oxygen atoms in total. The predicted octanol–water partition coefficient (Wildman–Crippen LogP) is 6.49. The molecule has 148 valence electrons. The molecule has 0 saturated carbocycles. The van der Waals surface area contributed by atoms with E-state index in [2.05, 4.69) is 55.0 Å². The largest absolute Gasteiger partial charge is 0.289 e. The maximum absolute atomic E-state index is 12.6. The van der Waals surface area contributed by atoms with Crippen LogP contribution >= 0.6 is 0 Å². The zero-order chi connectivity index (χ0) is 21.1. The van der Waals surface area contributed by atoms with Crippen LogP contribution in [0.5, 0.6) is 0 Å². The van der Waals surface area contributed by atoms with Crippen molar-refractivity contribution < 1.29 is 4.79 Å². The van der Waals surface area contributed by atoms with Crippen LogP contribution < -0.4 is 0 Å². The predicted molar refractivity (Wildman–Crippen MR) is 123 cm³/mol. The van der Waals surface area contributed by atoms with Crippen molar-refractivity contribution in [1.82, 2.24) is 9.97 Å². The zero-order valence-electron chi connectivity index (χ0n) is 17.5. The van der Waals surface area contributed by atoms with E-state index in [1.54, 1.807) is 18.5 Å². The van der Waals surface area contributed by atoms with E-state index in [0.29, 0.717) is 5.56 Å². The molecule has 4 rings (SSSR count). The number of hydrogen-bond acceptors (Lipinski definition) is 3. The summed E-state index contributed by atoms with van der Waals surface area (Å²) >= 11 is 0. The van der Waals surface area contributed by atoms with Gasteiger partial charge in [-0.25, -0.2) is 0 Å². The van der Waals surface area contributed by atoms with Crippen molar-refractivity contribution in [3.63, 3.8) is 0 Å². The van der Waals surface area contributed by atoms with Gasteiger partial charge in [0.15, 0.2) is 5.78 Å². The molecule has 3 aromatic carbocycles. The average molecular weight is 393 g/mol. The first kappa shape index (κ1) is 19.7. The molecule has 0 fully saturated rings. The number of aromatic nitrogens is 2. The fraction of sp³-hybridized carbons (Fsp3) is 0.148. The summed E-state index contributed by atoms with van der Waals surface area (Å²) in [6, 6.07) is 22.2. The normalized spacial score (nSPS) is 11.8. The van der Waals surface area contributed by atoms with E-state index in [0.717, 1.165) is 27.7 Å². The monoisotopic (exact) mass is 392 g/mol. The van der Waals surface area contributed by atoms with E-state index in [1.807, 2.05) is 48.5 Å². The Morgan fingerprint density at radius 3 is 2.00 bits per heavy atom. The van der Waals surface area contributed by atoms with Gasteiger partial charge in [-0.05, 0) is 45.9 Å². The minimum Gasteiger partial charge on any atom is -0.289 e. The van der Waals surface area contributed by atoms with Gasteiger partial charge in [0.2, 0.25) is 0 Å². The molecule has 4 aromatic rings. The Balaban J connectivity index is 1.49. The van der Waals surface area contributed by atoms with Gasteiger partial charge >= 0.3 is 0 Å². The molecule has 0 atom stereocenters.